The summed E-state index contributed by atoms with van der Waals surface area (Å²) < 4.78 is 7.40. The minimum absolute atomic E-state index is 0.0826. The minimum atomic E-state index is -1.07. The lowest BCUT2D eigenvalue weighted by Gasteiger charge is -2.15. The third-order valence-electron chi connectivity index (χ3n) is 6.17. The number of carbonyl (C=O) groups excluding carboxylic acids is 2. The molecule has 5 rings (SSSR count). The van der Waals surface area contributed by atoms with E-state index in [1.54, 1.807) is 44.3 Å². The molecule has 39 heavy (non-hydrogen) atoms. The van der Waals surface area contributed by atoms with E-state index in [4.69, 9.17) is 9.52 Å². The molecule has 0 bridgehead atoms. The van der Waals surface area contributed by atoms with Crippen molar-refractivity contribution in [1.29, 1.82) is 0 Å². The first-order chi connectivity index (χ1) is 18.6. The fourth-order valence-corrected chi connectivity index (χ4v) is 4.02. The Balaban J connectivity index is 1.38. The van der Waals surface area contributed by atoms with Crippen LogP contribution in [0.5, 0.6) is 0 Å². The van der Waals surface area contributed by atoms with Crippen molar-refractivity contribution in [3.8, 4) is 0 Å². The number of aromatic amines is 1. The Bertz CT molecular complexity index is 1880. The number of oxazole rings is 1. The maximum atomic E-state index is 13.2. The van der Waals surface area contributed by atoms with Crippen LogP contribution in [-0.4, -0.2) is 47.0 Å². The van der Waals surface area contributed by atoms with Crippen LogP contribution in [0.1, 0.15) is 55.4 Å². The van der Waals surface area contributed by atoms with E-state index >= 15 is 0 Å². The number of H-pyrrole nitrogens is 1. The lowest BCUT2D eigenvalue weighted by molar-refractivity contribution is 0.0696. The van der Waals surface area contributed by atoms with Gasteiger partial charge in [-0.2, -0.15) is 0 Å². The molecule has 14 nitrogen and oxygen atoms in total. The molecule has 2 amide bonds. The van der Waals surface area contributed by atoms with Gasteiger partial charge in [0.15, 0.2) is 5.58 Å². The molecule has 4 N–H and O–H groups in total. The number of carbonyl (C=O) groups is 3. The summed E-state index contributed by atoms with van der Waals surface area (Å²) in [6.45, 7) is 1.77. The van der Waals surface area contributed by atoms with Gasteiger partial charge in [0.05, 0.1) is 17.1 Å². The molecule has 3 aromatic heterocycles. The van der Waals surface area contributed by atoms with Gasteiger partial charge in [-0.1, -0.05) is 18.2 Å². The van der Waals surface area contributed by atoms with Gasteiger partial charge in [-0.05, 0) is 48.4 Å². The maximum Gasteiger partial charge on any atom is 0.419 e. The Labute approximate surface area is 217 Å². The fraction of sp³-hybridized carbons (Fsp3) is 0.160. The van der Waals surface area contributed by atoms with Crippen molar-refractivity contribution in [2.75, 3.05) is 0 Å². The molecule has 0 fully saturated rings. The van der Waals surface area contributed by atoms with E-state index in [2.05, 4.69) is 25.8 Å². The molecule has 198 valence electrons. The van der Waals surface area contributed by atoms with Crippen LogP contribution >= 0.6 is 0 Å². The number of hydrogen-bond donors (Lipinski definition) is 4. The first-order valence-corrected chi connectivity index (χ1v) is 11.6. The fourth-order valence-electron chi connectivity index (χ4n) is 4.02. The van der Waals surface area contributed by atoms with Gasteiger partial charge >= 0.3 is 17.4 Å². The van der Waals surface area contributed by atoms with Gasteiger partial charge in [0.25, 0.3) is 17.6 Å². The highest BCUT2D eigenvalue weighted by Gasteiger charge is 2.21. The number of aryl methyl sites for hydroxylation is 1. The van der Waals surface area contributed by atoms with Crippen LogP contribution in [0.3, 0.4) is 0 Å². The van der Waals surface area contributed by atoms with E-state index in [0.717, 1.165) is 4.40 Å². The third kappa shape index (κ3) is 4.77. The molecule has 0 aliphatic carbocycles. The van der Waals surface area contributed by atoms with Gasteiger partial charge in [0.2, 0.25) is 0 Å². The molecule has 2 aromatic carbocycles. The Morgan fingerprint density at radius 3 is 2.54 bits per heavy atom. The second-order valence-corrected chi connectivity index (χ2v) is 8.72. The Hall–Kier alpha value is -5.53. The third-order valence-corrected chi connectivity index (χ3v) is 6.17. The minimum Gasteiger partial charge on any atom is -0.478 e. The van der Waals surface area contributed by atoms with Crippen molar-refractivity contribution in [2.45, 2.75) is 19.5 Å². The summed E-state index contributed by atoms with van der Waals surface area (Å²) in [5.41, 5.74) is 1.35. The van der Waals surface area contributed by atoms with Crippen molar-refractivity contribution in [3.05, 3.63) is 97.6 Å². The van der Waals surface area contributed by atoms with Crippen molar-refractivity contribution in [3.63, 3.8) is 0 Å². The Kier molecular flexibility index (Phi) is 6.27. The smallest absolute Gasteiger partial charge is 0.419 e. The predicted octanol–water partition coefficient (Wildman–Crippen LogP) is 0.982. The highest BCUT2D eigenvalue weighted by molar-refractivity contribution is 5.98. The number of nitrogens with zero attached hydrogens (tertiary/aromatic N) is 4. The van der Waals surface area contributed by atoms with Crippen LogP contribution in [0.15, 0.2) is 62.5 Å². The number of fused-ring (bicyclic) bond motifs is 2. The molecule has 0 radical (unpaired) electrons. The number of benzene rings is 2. The normalized spacial score (nSPS) is 11.9. The molecule has 0 saturated heterocycles. The molecule has 3 heterocycles. The van der Waals surface area contributed by atoms with Crippen molar-refractivity contribution >= 4 is 34.7 Å². The highest BCUT2D eigenvalue weighted by atomic mass is 16.4. The van der Waals surface area contributed by atoms with Crippen LogP contribution in [0.25, 0.3) is 16.9 Å². The molecule has 14 heteroatoms. The summed E-state index contributed by atoms with van der Waals surface area (Å²) in [5.74, 6) is -3.06. The average Bonchev–Trinajstić information content (AvgIpc) is 3.44. The summed E-state index contributed by atoms with van der Waals surface area (Å²) in [6.07, 6.45) is 0. The van der Waals surface area contributed by atoms with Gasteiger partial charge in [-0.3, -0.25) is 14.2 Å². The zero-order chi connectivity index (χ0) is 27.8. The van der Waals surface area contributed by atoms with E-state index < -0.39 is 35.3 Å². The van der Waals surface area contributed by atoms with Crippen molar-refractivity contribution < 1.29 is 23.9 Å². The van der Waals surface area contributed by atoms with Crippen LogP contribution in [0, 0.1) is 0 Å². The SMILES string of the molecule is C[C@@H](NC(=O)c1cc(C(=O)NCc2ccc3oc(=O)n(C)c3c2)nc2n[nH]c(=O)n12)c1ccc(C(=O)O)cc1. The molecule has 0 unspecified atom stereocenters. The number of aromatic nitrogens is 5. The number of hydrogen-bond acceptors (Lipinski definition) is 8. The summed E-state index contributed by atoms with van der Waals surface area (Å²) in [4.78, 5) is 65.4. The van der Waals surface area contributed by atoms with Crippen molar-refractivity contribution in [2.24, 2.45) is 7.05 Å². The summed E-state index contributed by atoms with van der Waals surface area (Å²) in [6, 6.07) is 11.6. The number of amides is 2. The average molecular weight is 531 g/mol. The number of carboxylic acid groups (broad SMARTS) is 1. The first-order valence-electron chi connectivity index (χ1n) is 11.6. The standard InChI is InChI=1S/C25H21N7O7/c1-12(14-4-6-15(7-5-14)22(35)36)27-21(34)18-10-16(28-23-29-30-24(37)32(18)23)20(33)26-11-13-3-8-19-17(9-13)31(2)25(38)39-19/h3-10,12H,11H2,1-2H3,(H,26,33)(H,27,34)(H,30,37)(H,35,36)/t12-/m1/s1. The molecule has 0 spiro atoms. The Morgan fingerprint density at radius 1 is 1.08 bits per heavy atom. The van der Waals surface area contributed by atoms with Gasteiger partial charge in [-0.25, -0.2) is 28.9 Å². The molecule has 0 aliphatic heterocycles. The molecule has 0 aliphatic rings. The van der Waals surface area contributed by atoms with Gasteiger partial charge < -0.3 is 20.2 Å². The van der Waals surface area contributed by atoms with E-state index in [-0.39, 0.29) is 29.3 Å². The van der Waals surface area contributed by atoms with Crippen molar-refractivity contribution in [1.82, 2.24) is 34.8 Å². The summed E-state index contributed by atoms with van der Waals surface area (Å²) in [7, 11) is 1.57. The van der Waals surface area contributed by atoms with Crippen LogP contribution in [0.4, 0.5) is 0 Å². The second-order valence-electron chi connectivity index (χ2n) is 8.72. The molecular formula is C25H21N7O7. The molecule has 0 saturated carbocycles. The van der Waals surface area contributed by atoms with E-state index in [1.165, 1.54) is 22.8 Å². The summed E-state index contributed by atoms with van der Waals surface area (Å²) in [5, 5.41) is 20.5. The zero-order valence-electron chi connectivity index (χ0n) is 20.6. The van der Waals surface area contributed by atoms with E-state index in [9.17, 15) is 24.0 Å². The van der Waals surface area contributed by atoms with E-state index in [0.29, 0.717) is 22.2 Å². The summed E-state index contributed by atoms with van der Waals surface area (Å²) >= 11 is 0. The topological polar surface area (TPSA) is 194 Å². The monoisotopic (exact) mass is 531 g/mol. The number of aromatic carboxylic acids is 1. The maximum absolute atomic E-state index is 13.2. The number of nitrogens with one attached hydrogen (secondary N) is 3. The lowest BCUT2D eigenvalue weighted by Crippen LogP contribution is -2.32. The Morgan fingerprint density at radius 2 is 1.82 bits per heavy atom. The van der Waals surface area contributed by atoms with Crippen LogP contribution < -0.4 is 22.1 Å². The molecule has 1 atom stereocenters. The van der Waals surface area contributed by atoms with Gasteiger partial charge in [0.1, 0.15) is 11.4 Å². The highest BCUT2D eigenvalue weighted by Crippen LogP contribution is 2.16. The van der Waals surface area contributed by atoms with Gasteiger partial charge in [0, 0.05) is 13.6 Å². The molecular weight excluding hydrogens is 510 g/mol. The number of carboxylic acids is 1. The van der Waals surface area contributed by atoms with Gasteiger partial charge in [-0.15, -0.1) is 5.10 Å². The van der Waals surface area contributed by atoms with Crippen LogP contribution in [-0.2, 0) is 13.6 Å². The number of rotatable bonds is 7. The van der Waals surface area contributed by atoms with E-state index in [1.807, 2.05) is 0 Å². The zero-order valence-corrected chi connectivity index (χ0v) is 20.6. The predicted molar refractivity (Wildman–Crippen MR) is 136 cm³/mol. The van der Waals surface area contributed by atoms with Crippen LogP contribution in [0.2, 0.25) is 0 Å². The molecule has 5 aromatic rings. The largest absolute Gasteiger partial charge is 0.478 e. The quantitative estimate of drug-likeness (QED) is 0.237. The second kappa shape index (κ2) is 9.74. The lowest BCUT2D eigenvalue weighted by atomic mass is 10.1. The first kappa shape index (κ1) is 25.1.